The number of hydrogen-bond donors (Lipinski definition) is 1. The maximum atomic E-state index is 11.5. The highest BCUT2D eigenvalue weighted by molar-refractivity contribution is 6.19. The molecule has 1 atom stereocenters. The third-order valence-corrected chi connectivity index (χ3v) is 3.70. The van der Waals surface area contributed by atoms with Gasteiger partial charge < -0.3 is 9.88 Å². The zero-order valence-electron chi connectivity index (χ0n) is 11.1. The number of hydrogen-bond acceptors (Lipinski definition) is 1. The topological polar surface area (TPSA) is 34.0 Å². The monoisotopic (exact) mass is 278 g/mol. The largest absolute Gasteiger partial charge is 0.356 e. The van der Waals surface area contributed by atoms with Gasteiger partial charge in [-0.3, -0.25) is 4.79 Å². The van der Waals surface area contributed by atoms with Crippen LogP contribution in [0.15, 0.2) is 36.5 Å². The second-order valence-corrected chi connectivity index (χ2v) is 5.08. The number of nitrogens with one attached hydrogen (secondary N) is 1. The van der Waals surface area contributed by atoms with Crippen molar-refractivity contribution in [2.75, 3.05) is 12.4 Å². The van der Waals surface area contributed by atoms with E-state index in [1.807, 2.05) is 19.1 Å². The SMILES string of the molecule is CC(CCl)C(=O)NCCCn1ccc2ccccc21. The summed E-state index contributed by atoms with van der Waals surface area (Å²) in [6.07, 6.45) is 3.01. The lowest BCUT2D eigenvalue weighted by Gasteiger charge is -2.10. The lowest BCUT2D eigenvalue weighted by atomic mass is 10.2. The van der Waals surface area contributed by atoms with E-state index in [4.69, 9.17) is 11.6 Å². The highest BCUT2D eigenvalue weighted by Gasteiger charge is 2.09. The normalized spacial score (nSPS) is 12.5. The molecule has 0 radical (unpaired) electrons. The minimum absolute atomic E-state index is 0.0346. The van der Waals surface area contributed by atoms with Gasteiger partial charge in [-0.05, 0) is 23.9 Å². The molecule has 19 heavy (non-hydrogen) atoms. The van der Waals surface area contributed by atoms with Crippen LogP contribution < -0.4 is 5.32 Å². The first-order valence-electron chi connectivity index (χ1n) is 6.60. The van der Waals surface area contributed by atoms with Crippen molar-refractivity contribution in [3.05, 3.63) is 36.5 Å². The summed E-state index contributed by atoms with van der Waals surface area (Å²) in [7, 11) is 0. The predicted molar refractivity (Wildman–Crippen MR) is 79.4 cm³/mol. The van der Waals surface area contributed by atoms with Crippen molar-refractivity contribution < 1.29 is 4.79 Å². The zero-order valence-corrected chi connectivity index (χ0v) is 11.9. The standard InChI is InChI=1S/C15H19ClN2O/c1-12(11-16)15(19)17-8-4-9-18-10-7-13-5-2-3-6-14(13)18/h2-3,5-7,10,12H,4,8-9,11H2,1H3,(H,17,19). The molecule has 0 aliphatic carbocycles. The third kappa shape index (κ3) is 3.51. The Morgan fingerprint density at radius 3 is 2.95 bits per heavy atom. The molecule has 0 aliphatic rings. The average molecular weight is 279 g/mol. The van der Waals surface area contributed by atoms with Gasteiger partial charge in [-0.1, -0.05) is 25.1 Å². The first-order valence-corrected chi connectivity index (χ1v) is 7.13. The van der Waals surface area contributed by atoms with Crippen molar-refractivity contribution in [1.82, 2.24) is 9.88 Å². The van der Waals surface area contributed by atoms with Crippen LogP contribution in [-0.2, 0) is 11.3 Å². The Hall–Kier alpha value is -1.48. The molecule has 0 spiro atoms. The van der Waals surface area contributed by atoms with E-state index in [9.17, 15) is 4.79 Å². The molecule has 1 N–H and O–H groups in total. The lowest BCUT2D eigenvalue weighted by Crippen LogP contribution is -2.31. The van der Waals surface area contributed by atoms with E-state index in [2.05, 4.69) is 34.3 Å². The maximum Gasteiger partial charge on any atom is 0.224 e. The fourth-order valence-corrected chi connectivity index (χ4v) is 2.18. The molecule has 1 amide bonds. The average Bonchev–Trinajstić information content (AvgIpc) is 2.86. The molecule has 1 heterocycles. The number of alkyl halides is 1. The molecular weight excluding hydrogens is 260 g/mol. The third-order valence-electron chi connectivity index (χ3n) is 3.23. The summed E-state index contributed by atoms with van der Waals surface area (Å²) in [6, 6.07) is 10.4. The van der Waals surface area contributed by atoms with Crippen LogP contribution >= 0.6 is 11.6 Å². The van der Waals surface area contributed by atoms with Crippen LogP contribution in [0.5, 0.6) is 0 Å². The smallest absolute Gasteiger partial charge is 0.224 e. The van der Waals surface area contributed by atoms with Crippen LogP contribution in [0.25, 0.3) is 10.9 Å². The van der Waals surface area contributed by atoms with Gasteiger partial charge in [0.15, 0.2) is 0 Å². The highest BCUT2D eigenvalue weighted by Crippen LogP contribution is 2.15. The van der Waals surface area contributed by atoms with Crippen LogP contribution in [0, 0.1) is 5.92 Å². The highest BCUT2D eigenvalue weighted by atomic mass is 35.5. The molecule has 1 unspecified atom stereocenters. The zero-order chi connectivity index (χ0) is 13.7. The van der Waals surface area contributed by atoms with Crippen molar-refractivity contribution in [2.24, 2.45) is 5.92 Å². The minimum Gasteiger partial charge on any atom is -0.356 e. The molecule has 1 aromatic heterocycles. The summed E-state index contributed by atoms with van der Waals surface area (Å²) in [4.78, 5) is 11.5. The number of carbonyl (C=O) groups excluding carboxylic acids is 1. The Labute approximate surface area is 118 Å². The van der Waals surface area contributed by atoms with Gasteiger partial charge in [-0.2, -0.15) is 0 Å². The molecule has 0 saturated carbocycles. The minimum atomic E-state index is -0.117. The number of para-hydroxylation sites is 1. The molecule has 0 fully saturated rings. The molecule has 0 aliphatic heterocycles. The van der Waals surface area contributed by atoms with Gasteiger partial charge in [-0.25, -0.2) is 0 Å². The van der Waals surface area contributed by atoms with E-state index in [0.717, 1.165) is 13.0 Å². The van der Waals surface area contributed by atoms with Crippen molar-refractivity contribution >= 4 is 28.4 Å². The number of aryl methyl sites for hydroxylation is 1. The van der Waals surface area contributed by atoms with Crippen molar-refractivity contribution in [1.29, 1.82) is 0 Å². The summed E-state index contributed by atoms with van der Waals surface area (Å²) >= 11 is 5.64. The Balaban J connectivity index is 1.82. The second kappa shape index (κ2) is 6.62. The predicted octanol–water partition coefficient (Wildman–Crippen LogP) is 3.02. The van der Waals surface area contributed by atoms with Crippen LogP contribution in [-0.4, -0.2) is 22.9 Å². The quantitative estimate of drug-likeness (QED) is 0.640. The van der Waals surface area contributed by atoms with Crippen LogP contribution in [0.2, 0.25) is 0 Å². The number of carbonyl (C=O) groups is 1. The van der Waals surface area contributed by atoms with Gasteiger partial charge in [0.2, 0.25) is 5.91 Å². The Bertz CT molecular complexity index is 550. The van der Waals surface area contributed by atoms with Crippen molar-refractivity contribution in [3.8, 4) is 0 Å². The van der Waals surface area contributed by atoms with Gasteiger partial charge in [0.1, 0.15) is 0 Å². The van der Waals surface area contributed by atoms with Crippen LogP contribution in [0.3, 0.4) is 0 Å². The van der Waals surface area contributed by atoms with Crippen molar-refractivity contribution in [3.63, 3.8) is 0 Å². The molecule has 0 bridgehead atoms. The molecule has 2 aromatic rings. The fourth-order valence-electron chi connectivity index (χ4n) is 2.04. The van der Waals surface area contributed by atoms with E-state index < -0.39 is 0 Å². The fraction of sp³-hybridized carbons (Fsp3) is 0.400. The summed E-state index contributed by atoms with van der Waals surface area (Å²) in [5, 5.41) is 4.16. The van der Waals surface area contributed by atoms with Gasteiger partial charge in [0, 0.05) is 36.6 Å². The van der Waals surface area contributed by atoms with Crippen molar-refractivity contribution in [2.45, 2.75) is 19.9 Å². The molecule has 2 rings (SSSR count). The first kappa shape index (κ1) is 13.9. The van der Waals surface area contributed by atoms with Gasteiger partial charge in [0.05, 0.1) is 0 Å². The number of halogens is 1. The maximum absolute atomic E-state index is 11.5. The number of rotatable bonds is 6. The van der Waals surface area contributed by atoms with Gasteiger partial charge >= 0.3 is 0 Å². The Kier molecular flexibility index (Phi) is 4.86. The molecule has 3 nitrogen and oxygen atoms in total. The first-order chi connectivity index (χ1) is 9.22. The number of amides is 1. The Morgan fingerprint density at radius 2 is 2.16 bits per heavy atom. The lowest BCUT2D eigenvalue weighted by molar-refractivity contribution is -0.123. The van der Waals surface area contributed by atoms with Crippen LogP contribution in [0.1, 0.15) is 13.3 Å². The van der Waals surface area contributed by atoms with E-state index >= 15 is 0 Å². The second-order valence-electron chi connectivity index (χ2n) is 4.77. The molecule has 1 aromatic carbocycles. The van der Waals surface area contributed by atoms with Gasteiger partial charge in [-0.15, -0.1) is 11.6 Å². The number of benzene rings is 1. The van der Waals surface area contributed by atoms with Crippen LogP contribution in [0.4, 0.5) is 0 Å². The van der Waals surface area contributed by atoms with E-state index in [0.29, 0.717) is 12.4 Å². The molecule has 4 heteroatoms. The summed E-state index contributed by atoms with van der Waals surface area (Å²) in [6.45, 7) is 3.43. The van der Waals surface area contributed by atoms with Gasteiger partial charge in [0.25, 0.3) is 0 Å². The number of nitrogens with zero attached hydrogens (tertiary/aromatic N) is 1. The summed E-state index contributed by atoms with van der Waals surface area (Å²) in [5.74, 6) is 0.287. The number of aromatic nitrogens is 1. The number of fused-ring (bicyclic) bond motifs is 1. The van der Waals surface area contributed by atoms with E-state index in [1.54, 1.807) is 0 Å². The van der Waals surface area contributed by atoms with E-state index in [1.165, 1.54) is 10.9 Å². The molecular formula is C15H19ClN2O. The molecule has 102 valence electrons. The Morgan fingerprint density at radius 1 is 1.37 bits per heavy atom. The molecule has 0 saturated heterocycles. The summed E-state index contributed by atoms with van der Waals surface area (Å²) in [5.41, 5.74) is 1.24. The van der Waals surface area contributed by atoms with E-state index in [-0.39, 0.29) is 11.8 Å². The summed E-state index contributed by atoms with van der Waals surface area (Å²) < 4.78 is 2.21.